The Morgan fingerprint density at radius 2 is 2.71 bits per heavy atom. The van der Waals surface area contributed by atoms with Crippen LogP contribution in [0.5, 0.6) is 0 Å². The lowest BCUT2D eigenvalue weighted by Crippen LogP contribution is -2.28. The second kappa shape index (κ2) is 2.55. The van der Waals surface area contributed by atoms with Crippen LogP contribution in [0.25, 0.3) is 0 Å². The minimum absolute atomic E-state index is 0.699. The molecule has 3 heteroatoms. The zero-order chi connectivity index (χ0) is 5.11. The Hall–Kier alpha value is 0.270. The number of nitrogens with one attached hydrogen (secondary N) is 2. The highest BCUT2D eigenvalue weighted by atomic mass is 32.2. The summed E-state index contributed by atoms with van der Waals surface area (Å²) in [5, 5.41) is 0. The zero-order valence-corrected chi connectivity index (χ0v) is 5.22. The molecule has 0 aromatic heterocycles. The van der Waals surface area contributed by atoms with Crippen LogP contribution < -0.4 is 10.3 Å². The van der Waals surface area contributed by atoms with Gasteiger partial charge in [-0.15, -0.1) is 0 Å². The first-order valence-corrected chi connectivity index (χ1v) is 3.54. The molecule has 1 heterocycles. The summed E-state index contributed by atoms with van der Waals surface area (Å²) in [5.41, 5.74) is 3.12. The van der Waals surface area contributed by atoms with Crippen LogP contribution in [-0.4, -0.2) is 11.8 Å². The van der Waals surface area contributed by atoms with Crippen LogP contribution in [0.15, 0.2) is 0 Å². The predicted octanol–water partition coefficient (Wildman–Crippen LogP) is 0.521. The molecule has 1 atom stereocenters. The number of hydrazine groups is 1. The maximum Gasteiger partial charge on any atom is 0.0322 e. The molecule has 1 aliphatic heterocycles. The molecule has 0 aromatic rings. The van der Waals surface area contributed by atoms with Crippen molar-refractivity contribution in [3.63, 3.8) is 0 Å². The molecule has 0 amide bonds. The highest BCUT2D eigenvalue weighted by molar-refractivity contribution is 7.97. The lowest BCUT2D eigenvalue weighted by Gasteiger charge is -1.99. The van der Waals surface area contributed by atoms with E-state index in [1.54, 1.807) is 11.9 Å². The van der Waals surface area contributed by atoms with Crippen LogP contribution in [0.1, 0.15) is 13.3 Å². The molecular weight excluding hydrogens is 108 g/mol. The van der Waals surface area contributed by atoms with Gasteiger partial charge in [0, 0.05) is 11.8 Å². The van der Waals surface area contributed by atoms with Crippen molar-refractivity contribution in [1.29, 1.82) is 0 Å². The lowest BCUT2D eigenvalue weighted by molar-refractivity contribution is 0.562. The largest absolute Gasteiger partial charge is 0.244 e. The molecule has 0 radical (unpaired) electrons. The van der Waals surface area contributed by atoms with Gasteiger partial charge in [-0.1, -0.05) is 18.9 Å². The first-order chi connectivity index (χ1) is 3.43. The van der Waals surface area contributed by atoms with Crippen molar-refractivity contribution in [3.05, 3.63) is 0 Å². The Balaban J connectivity index is 2.14. The molecule has 7 heavy (non-hydrogen) atoms. The van der Waals surface area contributed by atoms with Crippen LogP contribution in [0.4, 0.5) is 0 Å². The monoisotopic (exact) mass is 118 g/mol. The van der Waals surface area contributed by atoms with Gasteiger partial charge in [0.25, 0.3) is 0 Å². The highest BCUT2D eigenvalue weighted by Crippen LogP contribution is 2.05. The molecule has 0 spiro atoms. The van der Waals surface area contributed by atoms with E-state index in [2.05, 4.69) is 17.2 Å². The molecule has 42 valence electrons. The van der Waals surface area contributed by atoms with Crippen LogP contribution in [0.3, 0.4) is 0 Å². The summed E-state index contributed by atoms with van der Waals surface area (Å²) in [6.07, 6.45) is 1.22. The van der Waals surface area contributed by atoms with E-state index >= 15 is 0 Å². The molecule has 0 saturated carbocycles. The third kappa shape index (κ3) is 1.33. The summed E-state index contributed by atoms with van der Waals surface area (Å²) in [7, 11) is 0. The topological polar surface area (TPSA) is 24.1 Å². The molecule has 1 fully saturated rings. The summed E-state index contributed by atoms with van der Waals surface area (Å²) in [4.78, 5) is 2.99. The minimum atomic E-state index is 0.699. The maximum atomic E-state index is 3.12. The van der Waals surface area contributed by atoms with E-state index in [1.807, 2.05) is 0 Å². The molecule has 2 N–H and O–H groups in total. The number of rotatable bonds is 1. The second-order valence-electron chi connectivity index (χ2n) is 1.66. The van der Waals surface area contributed by atoms with E-state index in [0.29, 0.717) is 6.04 Å². The van der Waals surface area contributed by atoms with Gasteiger partial charge in [0.1, 0.15) is 0 Å². The fraction of sp³-hybridized carbons (Fsp3) is 1.00. The van der Waals surface area contributed by atoms with Crippen molar-refractivity contribution in [2.75, 3.05) is 5.75 Å². The van der Waals surface area contributed by atoms with Gasteiger partial charge in [-0.2, -0.15) is 0 Å². The molecule has 0 aromatic carbocycles. The van der Waals surface area contributed by atoms with Gasteiger partial charge in [-0.05, 0) is 6.42 Å². The van der Waals surface area contributed by atoms with E-state index in [1.165, 1.54) is 12.2 Å². The third-order valence-corrected chi connectivity index (χ3v) is 1.94. The van der Waals surface area contributed by atoms with E-state index in [0.717, 1.165) is 0 Å². The fourth-order valence-electron chi connectivity index (χ4n) is 0.529. The molecular formula is C4H10N2S. The quantitative estimate of drug-likeness (QED) is 0.491. The van der Waals surface area contributed by atoms with Crippen molar-refractivity contribution in [2.45, 2.75) is 19.4 Å². The first kappa shape index (κ1) is 5.41. The number of hydrogen-bond acceptors (Lipinski definition) is 3. The summed E-state index contributed by atoms with van der Waals surface area (Å²) < 4.78 is 0. The predicted molar refractivity (Wildman–Crippen MR) is 32.8 cm³/mol. The van der Waals surface area contributed by atoms with Gasteiger partial charge < -0.3 is 0 Å². The molecule has 1 rings (SSSR count). The van der Waals surface area contributed by atoms with E-state index in [9.17, 15) is 0 Å². The van der Waals surface area contributed by atoms with Gasteiger partial charge in [0.05, 0.1) is 0 Å². The summed E-state index contributed by atoms with van der Waals surface area (Å²) in [5.74, 6) is 1.20. The molecule has 1 aliphatic rings. The van der Waals surface area contributed by atoms with Crippen molar-refractivity contribution in [3.8, 4) is 0 Å². The van der Waals surface area contributed by atoms with Gasteiger partial charge in [0.15, 0.2) is 0 Å². The molecule has 1 unspecified atom stereocenters. The normalized spacial score (nSPS) is 31.3. The van der Waals surface area contributed by atoms with Gasteiger partial charge in [-0.3, -0.25) is 0 Å². The Kier molecular flexibility index (Phi) is 1.97. The molecule has 1 saturated heterocycles. The van der Waals surface area contributed by atoms with Crippen molar-refractivity contribution in [2.24, 2.45) is 0 Å². The lowest BCUT2D eigenvalue weighted by atomic mass is 10.3. The third-order valence-electron chi connectivity index (χ3n) is 1.11. The van der Waals surface area contributed by atoms with Crippen molar-refractivity contribution < 1.29 is 0 Å². The van der Waals surface area contributed by atoms with Crippen LogP contribution in [-0.2, 0) is 0 Å². The Morgan fingerprint density at radius 3 is 3.00 bits per heavy atom. The Labute approximate surface area is 48.2 Å². The van der Waals surface area contributed by atoms with Gasteiger partial charge >= 0.3 is 0 Å². The summed E-state index contributed by atoms with van der Waals surface area (Å²) in [6.45, 7) is 2.19. The standard InChI is InChI=1S/C4H10N2S/c1-2-4-3-7-6-5-4/h4-6H,2-3H2,1H3. The highest BCUT2D eigenvalue weighted by Gasteiger charge is 2.09. The average Bonchev–Trinajstić information content (AvgIpc) is 2.14. The summed E-state index contributed by atoms with van der Waals surface area (Å²) in [6, 6.07) is 0.699. The Bertz CT molecular complexity index is 51.7. The minimum Gasteiger partial charge on any atom is -0.244 e. The smallest absolute Gasteiger partial charge is 0.0322 e. The Morgan fingerprint density at radius 1 is 1.86 bits per heavy atom. The van der Waals surface area contributed by atoms with E-state index in [-0.39, 0.29) is 0 Å². The van der Waals surface area contributed by atoms with E-state index < -0.39 is 0 Å². The zero-order valence-electron chi connectivity index (χ0n) is 4.40. The van der Waals surface area contributed by atoms with Crippen LogP contribution >= 0.6 is 11.9 Å². The first-order valence-electron chi connectivity index (χ1n) is 2.56. The van der Waals surface area contributed by atoms with Crippen molar-refractivity contribution in [1.82, 2.24) is 10.3 Å². The van der Waals surface area contributed by atoms with Gasteiger partial charge in [-0.25, -0.2) is 10.3 Å². The molecule has 0 aliphatic carbocycles. The maximum absolute atomic E-state index is 3.12. The average molecular weight is 118 g/mol. The van der Waals surface area contributed by atoms with E-state index in [4.69, 9.17) is 0 Å². The van der Waals surface area contributed by atoms with Crippen LogP contribution in [0.2, 0.25) is 0 Å². The van der Waals surface area contributed by atoms with Crippen molar-refractivity contribution >= 4 is 11.9 Å². The molecule has 0 bridgehead atoms. The van der Waals surface area contributed by atoms with Crippen LogP contribution in [0, 0.1) is 0 Å². The summed E-state index contributed by atoms with van der Waals surface area (Å²) >= 11 is 1.75. The second-order valence-corrected chi connectivity index (χ2v) is 2.49. The van der Waals surface area contributed by atoms with Gasteiger partial charge in [0.2, 0.25) is 0 Å². The molecule has 2 nitrogen and oxygen atoms in total. The fourth-order valence-corrected chi connectivity index (χ4v) is 1.38. The SMILES string of the molecule is CCC1CSNN1. The number of hydrogen-bond donors (Lipinski definition) is 2.